The maximum atomic E-state index is 11.8. The van der Waals surface area contributed by atoms with Crippen LogP contribution < -0.4 is 10.2 Å². The molecule has 0 aromatic heterocycles. The first-order valence-corrected chi connectivity index (χ1v) is 17.3. The van der Waals surface area contributed by atoms with Crippen molar-refractivity contribution >= 4 is 49.7 Å². The third-order valence-electron chi connectivity index (χ3n) is 13.0. The predicted molar refractivity (Wildman–Crippen MR) is 179 cm³/mol. The van der Waals surface area contributed by atoms with Crippen LogP contribution in [0.3, 0.4) is 0 Å². The van der Waals surface area contributed by atoms with Crippen LogP contribution in [0.25, 0.3) is 0 Å². The Morgan fingerprint density at radius 1 is 0.644 bits per heavy atom. The number of carboxylic acid groups (broad SMARTS) is 2. The quantitative estimate of drug-likeness (QED) is 0.347. The third kappa shape index (κ3) is 6.19. The molecule has 0 N–H and O–H groups in total. The molecule has 2 saturated carbocycles. The van der Waals surface area contributed by atoms with Crippen molar-refractivity contribution in [3.8, 4) is 0 Å². The van der Waals surface area contributed by atoms with Gasteiger partial charge in [-0.2, -0.15) is 0 Å². The molecule has 5 heteroatoms. The van der Waals surface area contributed by atoms with E-state index < -0.39 is 22.8 Å². The monoisotopic (exact) mass is 638 g/mol. The molecule has 240 valence electrons. The maximum absolute atomic E-state index is 11.8. The van der Waals surface area contributed by atoms with Gasteiger partial charge in [0.25, 0.3) is 0 Å². The van der Waals surface area contributed by atoms with E-state index in [1.165, 1.54) is 33.4 Å². The smallest absolute Gasteiger partial charge is 0.550 e. The molecular weight excluding hydrogens is 585 g/mol. The second-order valence-electron chi connectivity index (χ2n) is 16.3. The second-order valence-corrected chi connectivity index (χ2v) is 16.3. The summed E-state index contributed by atoms with van der Waals surface area (Å²) in [7, 11) is 0. The summed E-state index contributed by atoms with van der Waals surface area (Å²) in [6.07, 6.45) is 9.59. The standard InChI is InChI=1S/2C20H28O2.Ca/c2*1-13(2)14-6-8-16-15(12-14)7-9-17-19(16,3)10-5-11-20(17,4)18(21)22;/h2*6,8,12-13,17H,5,7,9-11H2,1-4H3,(H,21,22);/q;;+2/p-2. The summed E-state index contributed by atoms with van der Waals surface area (Å²) in [6.45, 7) is 17.3. The third-order valence-corrected chi connectivity index (χ3v) is 13.0. The van der Waals surface area contributed by atoms with Gasteiger partial charge in [-0.05, 0) is 119 Å². The molecule has 6 unspecified atom stereocenters. The normalized spacial score (nSPS) is 33.4. The van der Waals surface area contributed by atoms with Gasteiger partial charge in [0.2, 0.25) is 0 Å². The van der Waals surface area contributed by atoms with E-state index in [-0.39, 0.29) is 60.4 Å². The minimum atomic E-state index is -0.856. The van der Waals surface area contributed by atoms with Crippen molar-refractivity contribution in [2.45, 2.75) is 142 Å². The van der Waals surface area contributed by atoms with Gasteiger partial charge < -0.3 is 19.8 Å². The number of hydrogen-bond donors (Lipinski definition) is 0. The zero-order valence-corrected chi connectivity index (χ0v) is 31.4. The van der Waals surface area contributed by atoms with Gasteiger partial charge in [-0.3, -0.25) is 0 Å². The van der Waals surface area contributed by atoms with Crippen LogP contribution >= 0.6 is 0 Å². The number of benzene rings is 2. The van der Waals surface area contributed by atoms with Crippen molar-refractivity contribution in [2.24, 2.45) is 22.7 Å². The summed E-state index contributed by atoms with van der Waals surface area (Å²) < 4.78 is 0. The van der Waals surface area contributed by atoms with Crippen LogP contribution in [0, 0.1) is 22.7 Å². The van der Waals surface area contributed by atoms with Crippen molar-refractivity contribution in [3.63, 3.8) is 0 Å². The molecular formula is C40H54CaO4. The van der Waals surface area contributed by atoms with Crippen molar-refractivity contribution in [3.05, 3.63) is 69.8 Å². The molecule has 4 nitrogen and oxygen atoms in total. The summed E-state index contributed by atoms with van der Waals surface area (Å²) in [5.41, 5.74) is 7.04. The molecule has 0 saturated heterocycles. The molecule has 0 bridgehead atoms. The summed E-state index contributed by atoms with van der Waals surface area (Å²) in [5.74, 6) is -0.255. The fourth-order valence-electron chi connectivity index (χ4n) is 10.2. The molecule has 2 aromatic carbocycles. The molecule has 0 radical (unpaired) electrons. The van der Waals surface area contributed by atoms with E-state index in [1.54, 1.807) is 0 Å². The van der Waals surface area contributed by atoms with Gasteiger partial charge in [-0.1, -0.05) is 105 Å². The average molecular weight is 639 g/mol. The molecule has 0 heterocycles. The van der Waals surface area contributed by atoms with Crippen LogP contribution in [-0.4, -0.2) is 49.7 Å². The maximum Gasteiger partial charge on any atom is 2.00 e. The molecule has 2 aromatic rings. The topological polar surface area (TPSA) is 80.3 Å². The Balaban J connectivity index is 0.000000200. The van der Waals surface area contributed by atoms with Crippen LogP contribution in [0.2, 0.25) is 0 Å². The van der Waals surface area contributed by atoms with E-state index in [1.807, 2.05) is 13.8 Å². The van der Waals surface area contributed by atoms with Crippen molar-refractivity contribution in [2.75, 3.05) is 0 Å². The number of aryl methyl sites for hydroxylation is 2. The van der Waals surface area contributed by atoms with Gasteiger partial charge in [-0.25, -0.2) is 0 Å². The van der Waals surface area contributed by atoms with Crippen LogP contribution in [-0.2, 0) is 33.3 Å². The predicted octanol–water partition coefficient (Wildman–Crippen LogP) is 6.76. The number of rotatable bonds is 4. The number of carboxylic acids is 2. The Labute approximate surface area is 302 Å². The molecule has 4 aliphatic rings. The van der Waals surface area contributed by atoms with E-state index in [4.69, 9.17) is 0 Å². The number of fused-ring (bicyclic) bond motifs is 6. The Bertz CT molecular complexity index is 1320. The number of hydrogen-bond acceptors (Lipinski definition) is 4. The van der Waals surface area contributed by atoms with E-state index in [2.05, 4.69) is 77.9 Å². The van der Waals surface area contributed by atoms with E-state index in [0.29, 0.717) is 11.8 Å². The van der Waals surface area contributed by atoms with Crippen molar-refractivity contribution in [1.82, 2.24) is 0 Å². The molecule has 45 heavy (non-hydrogen) atoms. The Kier molecular flexibility index (Phi) is 10.8. The molecule has 0 spiro atoms. The molecule has 4 aliphatic carbocycles. The average Bonchev–Trinajstić information content (AvgIpc) is 2.96. The number of aliphatic carboxylic acids is 2. The van der Waals surface area contributed by atoms with Crippen LogP contribution in [0.1, 0.15) is 152 Å². The van der Waals surface area contributed by atoms with Gasteiger partial charge in [0.05, 0.1) is 0 Å². The largest absolute Gasteiger partial charge is 2.00 e. The van der Waals surface area contributed by atoms with Crippen molar-refractivity contribution < 1.29 is 19.8 Å². The first-order chi connectivity index (χ1) is 20.6. The summed E-state index contributed by atoms with van der Waals surface area (Å²) >= 11 is 0. The van der Waals surface area contributed by atoms with Gasteiger partial charge in [0.1, 0.15) is 0 Å². The van der Waals surface area contributed by atoms with Crippen LogP contribution in [0.5, 0.6) is 0 Å². The molecule has 0 aliphatic heterocycles. The fraction of sp³-hybridized carbons (Fsp3) is 0.650. The summed E-state index contributed by atoms with van der Waals surface area (Å²) in [6, 6.07) is 13.7. The molecule has 6 rings (SSSR count). The van der Waals surface area contributed by atoms with E-state index in [0.717, 1.165) is 64.2 Å². The Morgan fingerprint density at radius 2 is 1.00 bits per heavy atom. The zero-order valence-electron chi connectivity index (χ0n) is 29.2. The van der Waals surface area contributed by atoms with E-state index in [9.17, 15) is 19.8 Å². The zero-order chi connectivity index (χ0) is 32.2. The fourth-order valence-corrected chi connectivity index (χ4v) is 10.2. The minimum absolute atomic E-state index is 0. The molecule has 6 atom stereocenters. The number of carbonyl (C=O) groups excluding carboxylic acids is 2. The van der Waals surface area contributed by atoms with Gasteiger partial charge in [0, 0.05) is 22.8 Å². The number of carbonyl (C=O) groups is 2. The summed E-state index contributed by atoms with van der Waals surface area (Å²) in [5, 5.41) is 23.6. The molecule has 0 amide bonds. The van der Waals surface area contributed by atoms with Gasteiger partial charge in [0.15, 0.2) is 0 Å². The van der Waals surface area contributed by atoms with Gasteiger partial charge >= 0.3 is 37.7 Å². The van der Waals surface area contributed by atoms with Crippen molar-refractivity contribution in [1.29, 1.82) is 0 Å². The van der Waals surface area contributed by atoms with E-state index >= 15 is 0 Å². The second kappa shape index (κ2) is 13.3. The van der Waals surface area contributed by atoms with Gasteiger partial charge in [-0.15, -0.1) is 0 Å². The molecule has 2 fully saturated rings. The first kappa shape index (κ1) is 36.5. The first-order valence-electron chi connectivity index (χ1n) is 17.3. The minimum Gasteiger partial charge on any atom is -0.550 e. The SMILES string of the molecule is CC(C)c1ccc2c(c1)CCC1C(C)(C(=O)[O-])CCCC21C.CC(C)c1ccc2c(c1)CCC1C(C)(C(=O)[O-])CCCC21C.[Ca+2]. The van der Waals surface area contributed by atoms with Crippen LogP contribution in [0.15, 0.2) is 36.4 Å². The van der Waals surface area contributed by atoms with Crippen LogP contribution in [0.4, 0.5) is 0 Å². The Morgan fingerprint density at radius 3 is 1.31 bits per heavy atom. The summed E-state index contributed by atoms with van der Waals surface area (Å²) in [4.78, 5) is 23.6. The Hall–Kier alpha value is -1.36.